The van der Waals surface area contributed by atoms with E-state index in [-0.39, 0.29) is 18.8 Å². The van der Waals surface area contributed by atoms with Crippen LogP contribution in [0.3, 0.4) is 0 Å². The summed E-state index contributed by atoms with van der Waals surface area (Å²) in [4.78, 5) is 11.4. The molecule has 0 spiro atoms. The lowest BCUT2D eigenvalue weighted by molar-refractivity contribution is -0.148. The first-order chi connectivity index (χ1) is 8.85. The van der Waals surface area contributed by atoms with E-state index in [0.29, 0.717) is 5.56 Å². The Hall–Kier alpha value is -1.69. The molecule has 0 saturated carbocycles. The van der Waals surface area contributed by atoms with Gasteiger partial charge in [0.2, 0.25) is 0 Å². The number of carbonyl (C=O) groups is 1. The molecule has 0 aliphatic carbocycles. The molecular formula is C13H16F2O4. The second kappa shape index (κ2) is 6.47. The zero-order valence-corrected chi connectivity index (χ0v) is 10.7. The average Bonchev–Trinajstić information content (AvgIpc) is 2.28. The van der Waals surface area contributed by atoms with Crippen molar-refractivity contribution in [2.45, 2.75) is 32.5 Å². The van der Waals surface area contributed by atoms with Gasteiger partial charge < -0.3 is 14.6 Å². The minimum Gasteiger partial charge on any atom is -0.466 e. The van der Waals surface area contributed by atoms with E-state index < -0.39 is 18.2 Å². The van der Waals surface area contributed by atoms with Gasteiger partial charge in [-0.2, -0.15) is 8.78 Å². The monoisotopic (exact) mass is 274 g/mol. The largest absolute Gasteiger partial charge is 0.466 e. The smallest absolute Gasteiger partial charge is 0.387 e. The highest BCUT2D eigenvalue weighted by Crippen LogP contribution is 2.28. The lowest BCUT2D eigenvalue weighted by atomic mass is 9.92. The summed E-state index contributed by atoms with van der Waals surface area (Å²) in [6.07, 6.45) is -0.265. The van der Waals surface area contributed by atoms with Crippen molar-refractivity contribution in [1.29, 1.82) is 0 Å². The van der Waals surface area contributed by atoms with Crippen LogP contribution < -0.4 is 4.74 Å². The first kappa shape index (κ1) is 15.4. The van der Waals surface area contributed by atoms with Crippen molar-refractivity contribution < 1.29 is 28.2 Å². The second-order valence-corrected chi connectivity index (χ2v) is 4.16. The van der Waals surface area contributed by atoms with Crippen LogP contribution in [0.25, 0.3) is 0 Å². The molecule has 0 amide bonds. The number of alkyl halides is 2. The first-order valence-electron chi connectivity index (χ1n) is 5.78. The summed E-state index contributed by atoms with van der Waals surface area (Å²) in [5, 5.41) is 10.2. The van der Waals surface area contributed by atoms with E-state index in [2.05, 4.69) is 4.74 Å². The Kier molecular flexibility index (Phi) is 5.23. The summed E-state index contributed by atoms with van der Waals surface area (Å²) in [5.41, 5.74) is -1.20. The van der Waals surface area contributed by atoms with Crippen molar-refractivity contribution in [1.82, 2.24) is 0 Å². The molecule has 19 heavy (non-hydrogen) atoms. The number of esters is 1. The number of ether oxygens (including phenoxy) is 2. The molecule has 1 rings (SSSR count). The number of benzene rings is 1. The van der Waals surface area contributed by atoms with Gasteiger partial charge in [-0.05, 0) is 31.5 Å². The number of hydrogen-bond donors (Lipinski definition) is 1. The van der Waals surface area contributed by atoms with Gasteiger partial charge in [0, 0.05) is 0 Å². The summed E-state index contributed by atoms with van der Waals surface area (Å²) in [5.74, 6) is -0.635. The standard InChI is InChI=1S/C13H16F2O4/c1-3-18-11(16)8-13(2,17)9-5-4-6-10(7-9)19-12(14)15/h4-7,12,17H,3,8H2,1-2H3. The highest BCUT2D eigenvalue weighted by molar-refractivity contribution is 5.71. The van der Waals surface area contributed by atoms with Crippen LogP contribution in [0, 0.1) is 0 Å². The molecule has 0 aromatic heterocycles. The normalized spacial score (nSPS) is 14.0. The molecule has 1 aromatic rings. The van der Waals surface area contributed by atoms with Crippen LogP contribution in [0.15, 0.2) is 24.3 Å². The van der Waals surface area contributed by atoms with E-state index >= 15 is 0 Å². The maximum atomic E-state index is 12.1. The minimum absolute atomic E-state index is 0.0726. The van der Waals surface area contributed by atoms with Crippen LogP contribution in [0.4, 0.5) is 8.78 Å². The van der Waals surface area contributed by atoms with Crippen LogP contribution in [0.1, 0.15) is 25.8 Å². The Morgan fingerprint density at radius 1 is 1.47 bits per heavy atom. The van der Waals surface area contributed by atoms with E-state index in [9.17, 15) is 18.7 Å². The molecule has 0 radical (unpaired) electrons. The third-order valence-electron chi connectivity index (χ3n) is 2.47. The number of rotatable bonds is 6. The quantitative estimate of drug-likeness (QED) is 0.809. The van der Waals surface area contributed by atoms with Gasteiger partial charge in [0.05, 0.1) is 18.6 Å². The summed E-state index contributed by atoms with van der Waals surface area (Å²) >= 11 is 0. The summed E-state index contributed by atoms with van der Waals surface area (Å²) in [7, 11) is 0. The number of carbonyl (C=O) groups excluding carboxylic acids is 1. The summed E-state index contributed by atoms with van der Waals surface area (Å²) < 4.78 is 33.2. The molecule has 106 valence electrons. The van der Waals surface area contributed by atoms with Crippen molar-refractivity contribution in [3.05, 3.63) is 29.8 Å². The van der Waals surface area contributed by atoms with Crippen LogP contribution >= 0.6 is 0 Å². The van der Waals surface area contributed by atoms with E-state index in [1.807, 2.05) is 0 Å². The lowest BCUT2D eigenvalue weighted by Gasteiger charge is -2.23. The Morgan fingerprint density at radius 2 is 2.16 bits per heavy atom. The van der Waals surface area contributed by atoms with E-state index in [1.54, 1.807) is 6.92 Å². The fourth-order valence-corrected chi connectivity index (χ4v) is 1.60. The zero-order valence-electron chi connectivity index (χ0n) is 10.7. The van der Waals surface area contributed by atoms with Crippen molar-refractivity contribution >= 4 is 5.97 Å². The van der Waals surface area contributed by atoms with Crippen molar-refractivity contribution in [2.24, 2.45) is 0 Å². The molecule has 4 nitrogen and oxygen atoms in total. The summed E-state index contributed by atoms with van der Waals surface area (Å²) in [6.45, 7) is 0.337. The van der Waals surface area contributed by atoms with Gasteiger partial charge in [0.1, 0.15) is 5.75 Å². The molecule has 0 saturated heterocycles. The third-order valence-corrected chi connectivity index (χ3v) is 2.47. The van der Waals surface area contributed by atoms with Gasteiger partial charge in [0.15, 0.2) is 0 Å². The molecule has 1 unspecified atom stereocenters. The van der Waals surface area contributed by atoms with Crippen molar-refractivity contribution in [3.8, 4) is 5.75 Å². The van der Waals surface area contributed by atoms with E-state index in [0.717, 1.165) is 0 Å². The van der Waals surface area contributed by atoms with Crippen LogP contribution in [-0.2, 0) is 15.1 Å². The van der Waals surface area contributed by atoms with Crippen molar-refractivity contribution in [2.75, 3.05) is 6.61 Å². The molecule has 1 N–H and O–H groups in total. The van der Waals surface area contributed by atoms with Crippen LogP contribution in [-0.4, -0.2) is 24.3 Å². The van der Waals surface area contributed by atoms with Gasteiger partial charge >= 0.3 is 12.6 Å². The fraction of sp³-hybridized carbons (Fsp3) is 0.462. The van der Waals surface area contributed by atoms with Crippen LogP contribution in [0.5, 0.6) is 5.75 Å². The Balaban J connectivity index is 2.85. The summed E-state index contributed by atoms with van der Waals surface area (Å²) in [6, 6.07) is 5.60. The van der Waals surface area contributed by atoms with Gasteiger partial charge in [0.25, 0.3) is 0 Å². The fourth-order valence-electron chi connectivity index (χ4n) is 1.60. The minimum atomic E-state index is -2.94. The zero-order chi connectivity index (χ0) is 14.5. The van der Waals surface area contributed by atoms with Crippen molar-refractivity contribution in [3.63, 3.8) is 0 Å². The number of halogens is 2. The Morgan fingerprint density at radius 3 is 2.74 bits per heavy atom. The molecular weight excluding hydrogens is 258 g/mol. The lowest BCUT2D eigenvalue weighted by Crippen LogP contribution is -2.26. The van der Waals surface area contributed by atoms with Gasteiger partial charge in [-0.3, -0.25) is 4.79 Å². The van der Waals surface area contributed by atoms with Gasteiger partial charge in [-0.1, -0.05) is 12.1 Å². The second-order valence-electron chi connectivity index (χ2n) is 4.16. The first-order valence-corrected chi connectivity index (χ1v) is 5.78. The molecule has 0 fully saturated rings. The van der Waals surface area contributed by atoms with E-state index in [1.165, 1.54) is 31.2 Å². The number of hydrogen-bond acceptors (Lipinski definition) is 4. The SMILES string of the molecule is CCOC(=O)CC(C)(O)c1cccc(OC(F)F)c1. The maximum Gasteiger partial charge on any atom is 0.387 e. The maximum absolute atomic E-state index is 12.1. The Bertz CT molecular complexity index is 432. The molecule has 1 aromatic carbocycles. The third kappa shape index (κ3) is 4.82. The van der Waals surface area contributed by atoms with Gasteiger partial charge in [-0.25, -0.2) is 0 Å². The molecule has 0 aliphatic rings. The molecule has 0 aliphatic heterocycles. The van der Waals surface area contributed by atoms with E-state index in [4.69, 9.17) is 4.74 Å². The molecule has 1 atom stereocenters. The average molecular weight is 274 g/mol. The van der Waals surface area contributed by atoms with Crippen LogP contribution in [0.2, 0.25) is 0 Å². The van der Waals surface area contributed by atoms with Gasteiger partial charge in [-0.15, -0.1) is 0 Å². The Labute approximate surface area is 109 Å². The molecule has 0 heterocycles. The predicted molar refractivity (Wildman–Crippen MR) is 63.9 cm³/mol. The highest BCUT2D eigenvalue weighted by atomic mass is 19.3. The number of aliphatic hydroxyl groups is 1. The molecule has 6 heteroatoms. The topological polar surface area (TPSA) is 55.8 Å². The molecule has 0 bridgehead atoms. The highest BCUT2D eigenvalue weighted by Gasteiger charge is 2.28. The predicted octanol–water partition coefficient (Wildman–Crippen LogP) is 2.45.